The third-order valence-electron chi connectivity index (χ3n) is 5.52. The van der Waals surface area contributed by atoms with Crippen molar-refractivity contribution in [3.8, 4) is 11.5 Å². The van der Waals surface area contributed by atoms with E-state index in [1.54, 1.807) is 50.3 Å². The highest BCUT2D eigenvalue weighted by Gasteiger charge is 2.33. The number of fused-ring (bicyclic) bond motifs is 1. The molecule has 0 radical (unpaired) electrons. The molecule has 1 aliphatic heterocycles. The van der Waals surface area contributed by atoms with E-state index >= 15 is 0 Å². The van der Waals surface area contributed by atoms with E-state index in [1.165, 1.54) is 22.8 Å². The van der Waals surface area contributed by atoms with Crippen LogP contribution in [0, 0.1) is 0 Å². The predicted octanol–water partition coefficient (Wildman–Crippen LogP) is 3.29. The molecule has 0 amide bonds. The molecule has 0 unspecified atom stereocenters. The molecule has 2 aromatic carbocycles. The maximum Gasteiger partial charge on any atom is 0.338 e. The van der Waals surface area contributed by atoms with Gasteiger partial charge >= 0.3 is 11.9 Å². The summed E-state index contributed by atoms with van der Waals surface area (Å²) in [6.07, 6.45) is 3.45. The van der Waals surface area contributed by atoms with Gasteiger partial charge in [0, 0.05) is 6.92 Å². The van der Waals surface area contributed by atoms with Gasteiger partial charge in [0.2, 0.25) is 0 Å². The van der Waals surface area contributed by atoms with Crippen LogP contribution >= 0.6 is 11.3 Å². The largest absolute Gasteiger partial charge is 0.490 e. The maximum absolute atomic E-state index is 13.7. The van der Waals surface area contributed by atoms with Gasteiger partial charge in [-0.2, -0.15) is 0 Å². The number of aromatic nitrogens is 1. The number of thiazole rings is 1. The highest BCUT2D eigenvalue weighted by atomic mass is 32.1. The zero-order valence-corrected chi connectivity index (χ0v) is 21.5. The fraction of sp³-hybridized carbons (Fsp3) is 0.214. The lowest BCUT2D eigenvalue weighted by Crippen LogP contribution is -2.39. The molecule has 0 spiro atoms. The minimum absolute atomic E-state index is 0.185. The van der Waals surface area contributed by atoms with Crippen molar-refractivity contribution in [1.29, 1.82) is 0 Å². The molecular weight excluding hydrogens is 492 g/mol. The number of carbonyl (C=O) groups excluding carboxylic acids is 2. The van der Waals surface area contributed by atoms with Crippen molar-refractivity contribution in [2.45, 2.75) is 26.8 Å². The van der Waals surface area contributed by atoms with Gasteiger partial charge in [-0.1, -0.05) is 48.3 Å². The van der Waals surface area contributed by atoms with Crippen molar-refractivity contribution in [2.24, 2.45) is 4.99 Å². The smallest absolute Gasteiger partial charge is 0.338 e. The highest BCUT2D eigenvalue weighted by molar-refractivity contribution is 7.07. The van der Waals surface area contributed by atoms with Crippen LogP contribution in [-0.4, -0.2) is 29.7 Å². The third-order valence-corrected chi connectivity index (χ3v) is 6.50. The number of rotatable bonds is 8. The number of benzene rings is 2. The standard InChI is InChI=1S/C28H26N2O6S/c1-5-15-35-21-11-7-19(8-12-21)16-23-26(32)30-25(20-9-13-22(14-10-20)36-18(4)31)24(27(33)34-6-2)17(3)29-28(30)37-23/h5,7-14,16,25H,1,6,15H2,2-4H3/b23-16-/t25-/m1/s1. The zero-order valence-electron chi connectivity index (χ0n) is 20.7. The summed E-state index contributed by atoms with van der Waals surface area (Å²) in [5.74, 6) is 0.0826. The summed E-state index contributed by atoms with van der Waals surface area (Å²) in [4.78, 5) is 43.0. The first-order valence-corrected chi connectivity index (χ1v) is 12.5. The number of carbonyl (C=O) groups is 2. The van der Waals surface area contributed by atoms with Gasteiger partial charge in [0.05, 0.1) is 28.5 Å². The molecule has 0 aliphatic carbocycles. The third kappa shape index (κ3) is 5.62. The Kier molecular flexibility index (Phi) is 7.83. The molecule has 4 rings (SSSR count). The van der Waals surface area contributed by atoms with Gasteiger partial charge in [-0.05, 0) is 55.3 Å². The number of esters is 2. The van der Waals surface area contributed by atoms with Crippen molar-refractivity contribution in [1.82, 2.24) is 4.57 Å². The van der Waals surface area contributed by atoms with Crippen molar-refractivity contribution in [3.63, 3.8) is 0 Å². The van der Waals surface area contributed by atoms with E-state index in [0.29, 0.717) is 38.7 Å². The lowest BCUT2D eigenvalue weighted by atomic mass is 9.96. The van der Waals surface area contributed by atoms with Gasteiger partial charge in [0.1, 0.15) is 18.1 Å². The summed E-state index contributed by atoms with van der Waals surface area (Å²) in [6, 6.07) is 13.3. The van der Waals surface area contributed by atoms with Crippen LogP contribution in [0.5, 0.6) is 11.5 Å². The molecule has 0 fully saturated rings. The molecule has 1 aromatic heterocycles. The topological polar surface area (TPSA) is 96.2 Å². The van der Waals surface area contributed by atoms with E-state index < -0.39 is 18.0 Å². The Hall–Kier alpha value is -4.24. The van der Waals surface area contributed by atoms with Gasteiger partial charge in [-0.3, -0.25) is 14.2 Å². The molecule has 1 atom stereocenters. The summed E-state index contributed by atoms with van der Waals surface area (Å²) < 4.78 is 18.0. The Bertz CT molecular complexity index is 1550. The number of hydrogen-bond acceptors (Lipinski definition) is 8. The van der Waals surface area contributed by atoms with Gasteiger partial charge in [0.15, 0.2) is 4.80 Å². The Morgan fingerprint density at radius 2 is 1.78 bits per heavy atom. The molecule has 190 valence electrons. The van der Waals surface area contributed by atoms with Crippen molar-refractivity contribution >= 4 is 29.4 Å². The number of ether oxygens (including phenoxy) is 3. The first-order chi connectivity index (χ1) is 17.8. The van der Waals surface area contributed by atoms with Crippen LogP contribution in [0.2, 0.25) is 0 Å². The van der Waals surface area contributed by atoms with Crippen molar-refractivity contribution < 1.29 is 23.8 Å². The molecular formula is C28H26N2O6S. The fourth-order valence-electron chi connectivity index (χ4n) is 3.96. The van der Waals surface area contributed by atoms with Crippen LogP contribution in [0.3, 0.4) is 0 Å². The molecule has 2 heterocycles. The first kappa shape index (κ1) is 25.8. The van der Waals surface area contributed by atoms with Crippen LogP contribution in [0.1, 0.15) is 37.9 Å². The Balaban J connectivity index is 1.82. The van der Waals surface area contributed by atoms with Crippen LogP contribution in [0.15, 0.2) is 82.2 Å². The summed E-state index contributed by atoms with van der Waals surface area (Å²) in [5.41, 5.74) is 1.96. The molecule has 0 bridgehead atoms. The Labute approximate surface area is 217 Å². The summed E-state index contributed by atoms with van der Waals surface area (Å²) in [6.45, 7) is 9.00. The van der Waals surface area contributed by atoms with Crippen LogP contribution in [0.25, 0.3) is 6.08 Å². The summed E-state index contributed by atoms with van der Waals surface area (Å²) >= 11 is 1.24. The second-order valence-corrected chi connectivity index (χ2v) is 9.14. The molecule has 9 heteroatoms. The summed E-state index contributed by atoms with van der Waals surface area (Å²) in [5, 5.41) is 0. The zero-order chi connectivity index (χ0) is 26.5. The monoisotopic (exact) mass is 518 g/mol. The second kappa shape index (κ2) is 11.2. The van der Waals surface area contributed by atoms with Gasteiger partial charge in [-0.15, -0.1) is 0 Å². The molecule has 3 aromatic rings. The Morgan fingerprint density at radius 1 is 1.11 bits per heavy atom. The van der Waals surface area contributed by atoms with E-state index in [2.05, 4.69) is 11.6 Å². The van der Waals surface area contributed by atoms with Gasteiger partial charge in [-0.25, -0.2) is 9.79 Å². The van der Waals surface area contributed by atoms with Gasteiger partial charge < -0.3 is 14.2 Å². The Morgan fingerprint density at radius 3 is 2.41 bits per heavy atom. The van der Waals surface area contributed by atoms with Crippen LogP contribution in [-0.2, 0) is 14.3 Å². The lowest BCUT2D eigenvalue weighted by Gasteiger charge is -2.24. The average Bonchev–Trinajstić information content (AvgIpc) is 3.17. The highest BCUT2D eigenvalue weighted by Crippen LogP contribution is 2.31. The number of nitrogens with zero attached hydrogens (tertiary/aromatic N) is 2. The minimum atomic E-state index is -0.751. The molecule has 8 nitrogen and oxygen atoms in total. The summed E-state index contributed by atoms with van der Waals surface area (Å²) in [7, 11) is 0. The van der Waals surface area contributed by atoms with Crippen molar-refractivity contribution in [2.75, 3.05) is 13.2 Å². The number of allylic oxidation sites excluding steroid dienone is 1. The van der Waals surface area contributed by atoms with Crippen molar-refractivity contribution in [3.05, 3.63) is 103 Å². The average molecular weight is 519 g/mol. The second-order valence-electron chi connectivity index (χ2n) is 8.13. The molecule has 0 saturated heterocycles. The molecule has 37 heavy (non-hydrogen) atoms. The number of hydrogen-bond donors (Lipinski definition) is 0. The van der Waals surface area contributed by atoms with E-state index in [-0.39, 0.29) is 17.7 Å². The molecule has 0 saturated carbocycles. The van der Waals surface area contributed by atoms with E-state index in [9.17, 15) is 14.4 Å². The molecule has 0 N–H and O–H groups in total. The fourth-order valence-corrected chi connectivity index (χ4v) is 5.00. The van der Waals surface area contributed by atoms with E-state index in [4.69, 9.17) is 14.2 Å². The first-order valence-electron chi connectivity index (χ1n) is 11.6. The minimum Gasteiger partial charge on any atom is -0.490 e. The quantitative estimate of drug-likeness (QED) is 0.258. The predicted molar refractivity (Wildman–Crippen MR) is 140 cm³/mol. The van der Waals surface area contributed by atoms with E-state index in [0.717, 1.165) is 5.56 Å². The SMILES string of the molecule is C=CCOc1ccc(/C=c2\sc3n(c2=O)[C@H](c2ccc(OC(C)=O)cc2)C(C(=O)OCC)=C(C)N=3)cc1. The van der Waals surface area contributed by atoms with Crippen LogP contribution in [0.4, 0.5) is 0 Å². The molecule has 1 aliphatic rings. The lowest BCUT2D eigenvalue weighted by molar-refractivity contribution is -0.139. The van der Waals surface area contributed by atoms with Gasteiger partial charge in [0.25, 0.3) is 5.56 Å². The van der Waals surface area contributed by atoms with Crippen LogP contribution < -0.4 is 24.4 Å². The normalized spacial score (nSPS) is 15.0. The maximum atomic E-state index is 13.7. The van der Waals surface area contributed by atoms with E-state index in [1.807, 2.05) is 24.3 Å².